The van der Waals surface area contributed by atoms with Gasteiger partial charge in [-0.1, -0.05) is 23.7 Å². The Morgan fingerprint density at radius 1 is 1.18 bits per heavy atom. The Balaban J connectivity index is 1.42. The molecule has 0 saturated carbocycles. The van der Waals surface area contributed by atoms with E-state index in [1.165, 1.54) is 12.1 Å². The van der Waals surface area contributed by atoms with E-state index in [-0.39, 0.29) is 17.8 Å². The van der Waals surface area contributed by atoms with Crippen LogP contribution in [-0.2, 0) is 11.3 Å². The topological polar surface area (TPSA) is 79.8 Å². The highest BCUT2D eigenvalue weighted by atomic mass is 35.5. The number of nitrogens with two attached hydrogens (primary N) is 1. The molecule has 168 valence electrons. The number of imidazole rings is 1. The van der Waals surface area contributed by atoms with Gasteiger partial charge in [0.05, 0.1) is 11.9 Å². The molecule has 0 unspecified atom stereocenters. The Morgan fingerprint density at radius 2 is 1.97 bits per heavy atom. The summed E-state index contributed by atoms with van der Waals surface area (Å²) in [5, 5.41) is 5.25. The molecule has 1 atom stereocenters. The molecule has 7 nitrogen and oxygen atoms in total. The molecule has 0 bridgehead atoms. The van der Waals surface area contributed by atoms with E-state index in [0.29, 0.717) is 41.6 Å². The molecule has 5 rings (SSSR count). The molecule has 0 radical (unpaired) electrons. The van der Waals surface area contributed by atoms with E-state index < -0.39 is 0 Å². The number of hydrogen-bond donors (Lipinski definition) is 1. The fourth-order valence-electron chi connectivity index (χ4n) is 4.06. The van der Waals surface area contributed by atoms with Crippen LogP contribution in [0.25, 0.3) is 16.9 Å². The first kappa shape index (κ1) is 21.4. The fraction of sp³-hybridized carbons (Fsp3) is 0.208. The monoisotopic (exact) mass is 464 g/mol. The number of aromatic nitrogens is 3. The van der Waals surface area contributed by atoms with Gasteiger partial charge in [-0.15, -0.1) is 5.10 Å². The van der Waals surface area contributed by atoms with Crippen LogP contribution in [0.1, 0.15) is 12.0 Å². The number of hydrogen-bond acceptors (Lipinski definition) is 5. The van der Waals surface area contributed by atoms with Crippen molar-refractivity contribution in [2.24, 2.45) is 5.73 Å². The van der Waals surface area contributed by atoms with E-state index in [1.54, 1.807) is 21.7 Å². The van der Waals surface area contributed by atoms with Gasteiger partial charge in [0, 0.05) is 48.9 Å². The third-order valence-corrected chi connectivity index (χ3v) is 6.15. The van der Waals surface area contributed by atoms with Crippen molar-refractivity contribution in [3.8, 4) is 11.3 Å². The van der Waals surface area contributed by atoms with Crippen LogP contribution < -0.4 is 15.5 Å². The molecule has 3 heterocycles. The lowest BCUT2D eigenvalue weighted by Crippen LogP contribution is -2.27. The maximum absolute atomic E-state index is 13.6. The van der Waals surface area contributed by atoms with E-state index in [0.717, 1.165) is 16.9 Å². The summed E-state index contributed by atoms with van der Waals surface area (Å²) in [7, 11) is 1.87. The lowest BCUT2D eigenvalue weighted by atomic mass is 10.1. The van der Waals surface area contributed by atoms with Crippen LogP contribution in [0, 0.1) is 5.82 Å². The molecular weight excluding hydrogens is 443 g/mol. The SMILES string of the molecule is CN(Cc1cc(F)ccc1Cl)c1ccc2ncc(-c3ccc(N4C[C@@H](N)CC4=O)cc3)n2n1. The number of amides is 1. The van der Waals surface area contributed by atoms with Gasteiger partial charge in [0.1, 0.15) is 11.6 Å². The largest absolute Gasteiger partial charge is 0.354 e. The summed E-state index contributed by atoms with van der Waals surface area (Å²) < 4.78 is 15.4. The van der Waals surface area contributed by atoms with Gasteiger partial charge >= 0.3 is 0 Å². The van der Waals surface area contributed by atoms with Crippen molar-refractivity contribution in [2.75, 3.05) is 23.4 Å². The second kappa shape index (κ2) is 8.46. The Bertz CT molecular complexity index is 1340. The quantitative estimate of drug-likeness (QED) is 0.484. The van der Waals surface area contributed by atoms with Crippen molar-refractivity contribution in [1.29, 1.82) is 0 Å². The number of benzene rings is 2. The molecule has 9 heteroatoms. The molecule has 4 aromatic rings. The molecular formula is C24H22ClFN6O. The summed E-state index contributed by atoms with van der Waals surface area (Å²) in [5.41, 5.74) is 9.86. The lowest BCUT2D eigenvalue weighted by molar-refractivity contribution is -0.117. The normalized spacial score (nSPS) is 16.1. The lowest BCUT2D eigenvalue weighted by Gasteiger charge is -2.19. The summed E-state index contributed by atoms with van der Waals surface area (Å²) in [6.07, 6.45) is 2.14. The average Bonchev–Trinajstić information content (AvgIpc) is 3.38. The van der Waals surface area contributed by atoms with E-state index in [2.05, 4.69) is 4.98 Å². The fourth-order valence-corrected chi connectivity index (χ4v) is 4.24. The zero-order valence-corrected chi connectivity index (χ0v) is 18.7. The second-order valence-corrected chi connectivity index (χ2v) is 8.62. The number of anilines is 2. The number of halogens is 2. The average molecular weight is 465 g/mol. The highest BCUT2D eigenvalue weighted by Gasteiger charge is 2.28. The van der Waals surface area contributed by atoms with Crippen LogP contribution in [0.15, 0.2) is 60.8 Å². The third kappa shape index (κ3) is 4.15. The van der Waals surface area contributed by atoms with E-state index >= 15 is 0 Å². The molecule has 0 spiro atoms. The van der Waals surface area contributed by atoms with E-state index in [1.807, 2.05) is 48.3 Å². The maximum atomic E-state index is 13.6. The predicted molar refractivity (Wildman–Crippen MR) is 127 cm³/mol. The van der Waals surface area contributed by atoms with Gasteiger partial charge in [0.25, 0.3) is 0 Å². The molecule has 33 heavy (non-hydrogen) atoms. The second-order valence-electron chi connectivity index (χ2n) is 8.21. The van der Waals surface area contributed by atoms with Crippen LogP contribution in [0.2, 0.25) is 5.02 Å². The summed E-state index contributed by atoms with van der Waals surface area (Å²) in [4.78, 5) is 20.2. The Kier molecular flexibility index (Phi) is 5.47. The summed E-state index contributed by atoms with van der Waals surface area (Å²) in [6, 6.07) is 15.7. The predicted octanol–water partition coefficient (Wildman–Crippen LogP) is 3.89. The molecule has 2 aromatic heterocycles. The number of carbonyl (C=O) groups excluding carboxylic acids is 1. The number of rotatable bonds is 5. The maximum Gasteiger partial charge on any atom is 0.228 e. The van der Waals surface area contributed by atoms with Crippen LogP contribution >= 0.6 is 11.6 Å². The van der Waals surface area contributed by atoms with Gasteiger partial charge in [0.15, 0.2) is 5.65 Å². The van der Waals surface area contributed by atoms with Crippen LogP contribution in [-0.4, -0.2) is 40.1 Å². The smallest absolute Gasteiger partial charge is 0.228 e. The van der Waals surface area contributed by atoms with Crippen molar-refractivity contribution in [3.05, 3.63) is 77.2 Å². The minimum atomic E-state index is -0.329. The summed E-state index contributed by atoms with van der Waals surface area (Å²) >= 11 is 6.23. The molecule has 1 fully saturated rings. The number of carbonyl (C=O) groups is 1. The summed E-state index contributed by atoms with van der Waals surface area (Å²) in [6.45, 7) is 0.931. The standard InChI is InChI=1S/C24H22ClFN6O/c1-30(13-16-10-17(26)4-7-20(16)25)23-9-8-22-28-12-21(32(22)29-23)15-2-5-19(6-3-15)31-14-18(27)11-24(31)33/h2-10,12,18H,11,13-14,27H2,1H3/t18-/m0/s1. The van der Waals surface area contributed by atoms with Gasteiger partial charge in [0.2, 0.25) is 5.91 Å². The van der Waals surface area contributed by atoms with Crippen molar-refractivity contribution in [3.63, 3.8) is 0 Å². The third-order valence-electron chi connectivity index (χ3n) is 5.78. The van der Waals surface area contributed by atoms with Crippen LogP contribution in [0.5, 0.6) is 0 Å². The van der Waals surface area contributed by atoms with Gasteiger partial charge in [-0.05, 0) is 48.0 Å². The minimum absolute atomic E-state index is 0.0396. The van der Waals surface area contributed by atoms with Gasteiger partial charge in [-0.2, -0.15) is 0 Å². The number of fused-ring (bicyclic) bond motifs is 1. The molecule has 2 aromatic carbocycles. The van der Waals surface area contributed by atoms with Crippen LogP contribution in [0.3, 0.4) is 0 Å². The zero-order chi connectivity index (χ0) is 23.1. The molecule has 0 aliphatic carbocycles. The minimum Gasteiger partial charge on any atom is -0.354 e. The first-order valence-corrected chi connectivity index (χ1v) is 10.9. The van der Waals surface area contributed by atoms with Crippen molar-refractivity contribution < 1.29 is 9.18 Å². The van der Waals surface area contributed by atoms with Crippen molar-refractivity contribution >= 4 is 34.7 Å². The van der Waals surface area contributed by atoms with E-state index in [9.17, 15) is 9.18 Å². The molecule has 1 saturated heterocycles. The van der Waals surface area contributed by atoms with Crippen molar-refractivity contribution in [1.82, 2.24) is 14.6 Å². The van der Waals surface area contributed by atoms with Crippen molar-refractivity contribution in [2.45, 2.75) is 19.0 Å². The van der Waals surface area contributed by atoms with Gasteiger partial charge < -0.3 is 15.5 Å². The number of nitrogens with zero attached hydrogens (tertiary/aromatic N) is 5. The highest BCUT2D eigenvalue weighted by Crippen LogP contribution is 2.27. The Hall–Kier alpha value is -3.49. The van der Waals surface area contributed by atoms with Gasteiger partial charge in [-0.3, -0.25) is 4.79 Å². The first-order valence-electron chi connectivity index (χ1n) is 10.6. The highest BCUT2D eigenvalue weighted by molar-refractivity contribution is 6.31. The molecule has 1 aliphatic heterocycles. The summed E-state index contributed by atoms with van der Waals surface area (Å²) in [5.74, 6) is 0.400. The molecule has 2 N–H and O–H groups in total. The molecule has 1 amide bonds. The molecule has 1 aliphatic rings. The first-order chi connectivity index (χ1) is 15.9. The Labute approximate surface area is 195 Å². The van der Waals surface area contributed by atoms with E-state index in [4.69, 9.17) is 22.4 Å². The van der Waals surface area contributed by atoms with Gasteiger partial charge in [-0.25, -0.2) is 13.9 Å². The Morgan fingerprint density at radius 3 is 2.70 bits per heavy atom. The van der Waals surface area contributed by atoms with Crippen LogP contribution in [0.4, 0.5) is 15.9 Å². The zero-order valence-electron chi connectivity index (χ0n) is 17.9.